The van der Waals surface area contributed by atoms with Gasteiger partial charge in [0.2, 0.25) is 11.8 Å². The highest BCUT2D eigenvalue weighted by molar-refractivity contribution is 8.00. The number of hydrogen-bond acceptors (Lipinski definition) is 7. The molecule has 0 radical (unpaired) electrons. The zero-order chi connectivity index (χ0) is 35.0. The largest absolute Gasteiger partial charge is 0.481 e. The highest BCUT2D eigenvalue weighted by Gasteiger charge is 2.33. The number of hydrogen-bond donors (Lipinski definition) is 6. The van der Waals surface area contributed by atoms with Crippen molar-refractivity contribution in [3.05, 3.63) is 94.8 Å². The van der Waals surface area contributed by atoms with Crippen molar-refractivity contribution in [1.29, 1.82) is 0 Å². The Morgan fingerprint density at radius 2 is 1.39 bits per heavy atom. The monoisotopic (exact) mass is 670 g/mol. The van der Waals surface area contributed by atoms with Crippen LogP contribution >= 0.6 is 11.8 Å². The molecule has 0 atom stereocenters. The van der Waals surface area contributed by atoms with E-state index in [9.17, 15) is 46.3 Å². The SMILES string of the molecule is NC(=O)CSc1ccccc1C(=O)O.O=C(O)CCC(=O)Nc1ccc(C(=O)O)cc1.O=C(O)Cc1ccc(C(F)(F)F)c(F)c1. The lowest BCUT2D eigenvalue weighted by Crippen LogP contribution is -2.13. The first kappa shape index (κ1) is 38.6. The Morgan fingerprint density at radius 1 is 0.783 bits per heavy atom. The molecule has 246 valence electrons. The van der Waals surface area contributed by atoms with Crippen LogP contribution in [0.3, 0.4) is 0 Å². The topological polar surface area (TPSA) is 221 Å². The van der Waals surface area contributed by atoms with Crippen LogP contribution in [0.2, 0.25) is 0 Å². The summed E-state index contributed by atoms with van der Waals surface area (Å²) in [4.78, 5) is 64.1. The zero-order valence-corrected chi connectivity index (χ0v) is 24.2. The van der Waals surface area contributed by atoms with E-state index in [1.54, 1.807) is 18.2 Å². The maximum absolute atomic E-state index is 12.9. The molecular formula is C29H26F4N2O10S. The number of thioether (sulfide) groups is 1. The first-order valence-corrected chi connectivity index (χ1v) is 13.5. The number of carboxylic acid groups (broad SMARTS) is 4. The molecule has 0 spiro atoms. The number of halogens is 4. The van der Waals surface area contributed by atoms with Gasteiger partial charge in [0.1, 0.15) is 5.82 Å². The average Bonchev–Trinajstić information content (AvgIpc) is 2.95. The van der Waals surface area contributed by atoms with E-state index in [1.165, 1.54) is 30.3 Å². The molecular weight excluding hydrogens is 644 g/mol. The minimum atomic E-state index is -4.76. The first-order valence-electron chi connectivity index (χ1n) is 12.6. The predicted octanol–water partition coefficient (Wildman–Crippen LogP) is 4.62. The highest BCUT2D eigenvalue weighted by Crippen LogP contribution is 2.31. The molecule has 2 amide bonds. The van der Waals surface area contributed by atoms with Gasteiger partial charge in [-0.2, -0.15) is 13.2 Å². The van der Waals surface area contributed by atoms with E-state index in [-0.39, 0.29) is 35.3 Å². The number of amides is 2. The fourth-order valence-electron chi connectivity index (χ4n) is 3.13. The van der Waals surface area contributed by atoms with Gasteiger partial charge >= 0.3 is 30.1 Å². The van der Waals surface area contributed by atoms with Crippen LogP contribution in [0.5, 0.6) is 0 Å². The number of aromatic carboxylic acids is 2. The summed E-state index contributed by atoms with van der Waals surface area (Å²) in [6.07, 6.45) is -5.62. The molecule has 0 aliphatic heterocycles. The number of nitrogens with two attached hydrogens (primary N) is 1. The van der Waals surface area contributed by atoms with Crippen molar-refractivity contribution in [3.8, 4) is 0 Å². The van der Waals surface area contributed by atoms with E-state index in [0.717, 1.165) is 17.8 Å². The third kappa shape index (κ3) is 14.8. The fraction of sp³-hybridized carbons (Fsp3) is 0.172. The third-order valence-corrected chi connectivity index (χ3v) is 6.26. The molecule has 0 saturated carbocycles. The Bertz CT molecular complexity index is 1560. The lowest BCUT2D eigenvalue weighted by molar-refractivity contribution is -0.140. The summed E-state index contributed by atoms with van der Waals surface area (Å²) in [5.41, 5.74) is 4.31. The summed E-state index contributed by atoms with van der Waals surface area (Å²) in [5, 5.41) is 36.6. The van der Waals surface area contributed by atoms with Gasteiger partial charge in [0.25, 0.3) is 0 Å². The predicted molar refractivity (Wildman–Crippen MR) is 155 cm³/mol. The number of carbonyl (C=O) groups is 6. The Kier molecular flexibility index (Phi) is 15.4. The minimum absolute atomic E-state index is 0.00648. The lowest BCUT2D eigenvalue weighted by atomic mass is 10.1. The Hall–Kier alpha value is -5.45. The molecule has 0 aliphatic rings. The van der Waals surface area contributed by atoms with Gasteiger partial charge in [-0.25, -0.2) is 14.0 Å². The van der Waals surface area contributed by atoms with Crippen LogP contribution in [0.4, 0.5) is 23.2 Å². The third-order valence-electron chi connectivity index (χ3n) is 5.16. The molecule has 3 aromatic carbocycles. The number of carbonyl (C=O) groups excluding carboxylic acids is 2. The molecule has 0 saturated heterocycles. The number of rotatable bonds is 11. The molecule has 3 aromatic rings. The Labute approximate surface area is 261 Å². The molecule has 12 nitrogen and oxygen atoms in total. The second kappa shape index (κ2) is 18.4. The normalized spacial score (nSPS) is 10.3. The van der Waals surface area contributed by atoms with Gasteiger partial charge in [0.05, 0.1) is 35.3 Å². The van der Waals surface area contributed by atoms with Crippen LogP contribution in [0.1, 0.15) is 44.7 Å². The minimum Gasteiger partial charge on any atom is -0.481 e. The van der Waals surface area contributed by atoms with E-state index in [2.05, 4.69) is 5.32 Å². The molecule has 7 N–H and O–H groups in total. The molecule has 3 rings (SSSR count). The summed E-state index contributed by atoms with van der Waals surface area (Å²) in [6, 6.07) is 14.2. The van der Waals surface area contributed by atoms with Crippen molar-refractivity contribution >= 4 is 53.1 Å². The summed E-state index contributed by atoms with van der Waals surface area (Å²) < 4.78 is 49.1. The standard InChI is InChI=1S/C11H11NO5.C9H6F4O2.C9H9NO3S/c13-9(5-6-10(14)15)12-8-3-1-7(2-4-8)11(16)17;10-7-3-5(4-8(14)15)1-2-6(7)9(11,12)13;10-8(11)5-14-7-4-2-1-3-6(7)9(12)13/h1-4H,5-6H2,(H,12,13)(H,14,15)(H,16,17);1-3H,4H2,(H,14,15);1-4H,5H2,(H2,10,11)(H,12,13). The summed E-state index contributed by atoms with van der Waals surface area (Å²) >= 11 is 1.13. The molecule has 17 heteroatoms. The molecule has 0 unspecified atom stereocenters. The number of nitrogens with one attached hydrogen (secondary N) is 1. The molecule has 0 aliphatic carbocycles. The van der Waals surface area contributed by atoms with Gasteiger partial charge in [-0.15, -0.1) is 11.8 Å². The molecule has 0 aromatic heterocycles. The van der Waals surface area contributed by atoms with Crippen molar-refractivity contribution in [3.63, 3.8) is 0 Å². The van der Waals surface area contributed by atoms with Crippen LogP contribution in [0, 0.1) is 5.82 Å². The van der Waals surface area contributed by atoms with Crippen molar-refractivity contribution in [2.45, 2.75) is 30.3 Å². The Balaban J connectivity index is 0.000000347. The fourth-order valence-corrected chi connectivity index (χ4v) is 3.91. The number of primary amides is 1. The van der Waals surface area contributed by atoms with Gasteiger partial charge in [0.15, 0.2) is 0 Å². The number of anilines is 1. The molecule has 0 heterocycles. The number of aliphatic carboxylic acids is 2. The Morgan fingerprint density at radius 3 is 1.87 bits per heavy atom. The van der Waals surface area contributed by atoms with E-state index in [4.69, 9.17) is 26.2 Å². The van der Waals surface area contributed by atoms with Gasteiger partial charge < -0.3 is 31.5 Å². The van der Waals surface area contributed by atoms with Gasteiger partial charge in [0, 0.05) is 17.0 Å². The van der Waals surface area contributed by atoms with Crippen molar-refractivity contribution in [2.75, 3.05) is 11.1 Å². The zero-order valence-electron chi connectivity index (χ0n) is 23.4. The maximum Gasteiger partial charge on any atom is 0.419 e. The average molecular weight is 671 g/mol. The van der Waals surface area contributed by atoms with Crippen LogP contribution in [0.25, 0.3) is 0 Å². The van der Waals surface area contributed by atoms with Gasteiger partial charge in [-0.05, 0) is 54.1 Å². The smallest absolute Gasteiger partial charge is 0.419 e. The number of alkyl halides is 3. The second-order valence-electron chi connectivity index (χ2n) is 8.76. The summed E-state index contributed by atoms with van der Waals surface area (Å²) in [7, 11) is 0. The van der Waals surface area contributed by atoms with Crippen LogP contribution in [0.15, 0.2) is 71.6 Å². The first-order chi connectivity index (χ1) is 21.4. The number of benzene rings is 3. The molecule has 0 bridgehead atoms. The van der Waals surface area contributed by atoms with E-state index in [0.29, 0.717) is 22.7 Å². The van der Waals surface area contributed by atoms with Crippen LogP contribution in [-0.2, 0) is 31.8 Å². The van der Waals surface area contributed by atoms with Crippen molar-refractivity contribution < 1.29 is 66.8 Å². The van der Waals surface area contributed by atoms with Crippen molar-refractivity contribution in [1.82, 2.24) is 0 Å². The second-order valence-corrected chi connectivity index (χ2v) is 9.78. The van der Waals surface area contributed by atoms with E-state index < -0.39 is 59.7 Å². The van der Waals surface area contributed by atoms with Crippen LogP contribution in [-0.4, -0.2) is 61.9 Å². The summed E-state index contributed by atoms with van der Waals surface area (Å²) in [5.74, 6) is -6.57. The van der Waals surface area contributed by atoms with Gasteiger partial charge in [-0.3, -0.25) is 19.2 Å². The van der Waals surface area contributed by atoms with Gasteiger partial charge in [-0.1, -0.05) is 18.2 Å². The maximum atomic E-state index is 12.9. The highest BCUT2D eigenvalue weighted by atomic mass is 32.2. The molecule has 46 heavy (non-hydrogen) atoms. The summed E-state index contributed by atoms with van der Waals surface area (Å²) in [6.45, 7) is 0. The van der Waals surface area contributed by atoms with E-state index in [1.807, 2.05) is 0 Å². The van der Waals surface area contributed by atoms with Crippen LogP contribution < -0.4 is 11.1 Å². The number of carboxylic acids is 4. The lowest BCUT2D eigenvalue weighted by Gasteiger charge is -2.08. The quantitative estimate of drug-likeness (QED) is 0.122. The van der Waals surface area contributed by atoms with Crippen molar-refractivity contribution in [2.24, 2.45) is 5.73 Å². The van der Waals surface area contributed by atoms with E-state index >= 15 is 0 Å². The molecule has 0 fully saturated rings.